The minimum atomic E-state index is -4.41. The minimum Gasteiger partial charge on any atom is -0.465 e. The van der Waals surface area contributed by atoms with Gasteiger partial charge in [-0.2, -0.15) is 13.2 Å². The molecule has 0 amide bonds. The molecule has 1 aliphatic rings. The number of ether oxygens (including phenoxy) is 1. The van der Waals surface area contributed by atoms with Gasteiger partial charge < -0.3 is 9.64 Å². The predicted molar refractivity (Wildman–Crippen MR) is 106 cm³/mol. The van der Waals surface area contributed by atoms with E-state index >= 15 is 0 Å². The Morgan fingerprint density at radius 1 is 0.931 bits per heavy atom. The van der Waals surface area contributed by atoms with Crippen LogP contribution in [0.15, 0.2) is 73.3 Å². The van der Waals surface area contributed by atoms with Crippen molar-refractivity contribution in [3.63, 3.8) is 0 Å². The first kappa shape index (κ1) is 18.8. The van der Waals surface area contributed by atoms with E-state index in [-0.39, 0.29) is 0 Å². The third-order valence-electron chi connectivity index (χ3n) is 4.91. The van der Waals surface area contributed by atoms with E-state index in [1.165, 1.54) is 19.2 Å². The number of benzene rings is 3. The average Bonchev–Trinajstić information content (AvgIpc) is 2.73. The Balaban J connectivity index is 1.89. The Morgan fingerprint density at radius 3 is 2.21 bits per heavy atom. The van der Waals surface area contributed by atoms with Crippen molar-refractivity contribution in [2.75, 3.05) is 12.0 Å². The van der Waals surface area contributed by atoms with Crippen LogP contribution < -0.4 is 4.90 Å². The van der Waals surface area contributed by atoms with Crippen molar-refractivity contribution in [3.05, 3.63) is 90.0 Å². The first-order valence-electron chi connectivity index (χ1n) is 8.79. The maximum absolute atomic E-state index is 13.0. The molecule has 3 aromatic rings. The molecule has 0 saturated heterocycles. The van der Waals surface area contributed by atoms with Gasteiger partial charge in [0.2, 0.25) is 0 Å². The highest BCUT2D eigenvalue weighted by molar-refractivity contribution is 6.04. The number of anilines is 2. The fourth-order valence-electron chi connectivity index (χ4n) is 3.52. The Hall–Kier alpha value is -3.54. The zero-order chi connectivity index (χ0) is 20.8. The van der Waals surface area contributed by atoms with E-state index < -0.39 is 17.7 Å². The van der Waals surface area contributed by atoms with Crippen molar-refractivity contribution in [2.45, 2.75) is 6.18 Å². The van der Waals surface area contributed by atoms with Gasteiger partial charge in [0.1, 0.15) is 0 Å². The third-order valence-corrected chi connectivity index (χ3v) is 4.91. The fourth-order valence-corrected chi connectivity index (χ4v) is 3.52. The Morgan fingerprint density at radius 2 is 1.59 bits per heavy atom. The second kappa shape index (κ2) is 6.81. The summed E-state index contributed by atoms with van der Waals surface area (Å²) >= 11 is 0. The van der Waals surface area contributed by atoms with E-state index in [1.54, 1.807) is 23.1 Å². The molecule has 0 aliphatic carbocycles. The van der Waals surface area contributed by atoms with Crippen LogP contribution in [-0.2, 0) is 10.9 Å². The molecule has 0 spiro atoms. The van der Waals surface area contributed by atoms with Gasteiger partial charge in [0.25, 0.3) is 0 Å². The molecule has 1 heterocycles. The molecule has 0 unspecified atom stereocenters. The minimum absolute atomic E-state index is 0.390. The lowest BCUT2D eigenvalue weighted by Gasteiger charge is -2.35. The number of rotatable bonds is 2. The monoisotopic (exact) mass is 395 g/mol. The number of hydrogen-bond acceptors (Lipinski definition) is 3. The molecule has 0 aromatic heterocycles. The number of hydrogen-bond donors (Lipinski definition) is 0. The van der Waals surface area contributed by atoms with Crippen LogP contribution in [0.5, 0.6) is 0 Å². The molecule has 3 aromatic carbocycles. The van der Waals surface area contributed by atoms with Crippen LogP contribution in [0.2, 0.25) is 0 Å². The number of halogens is 3. The van der Waals surface area contributed by atoms with E-state index in [2.05, 4.69) is 6.58 Å². The number of esters is 1. The molecule has 0 fully saturated rings. The Kier molecular flexibility index (Phi) is 4.42. The van der Waals surface area contributed by atoms with Crippen LogP contribution in [-0.4, -0.2) is 13.1 Å². The summed E-state index contributed by atoms with van der Waals surface area (Å²) in [6.45, 7) is 4.17. The number of alkyl halides is 3. The van der Waals surface area contributed by atoms with Crippen molar-refractivity contribution >= 4 is 23.0 Å². The zero-order valence-corrected chi connectivity index (χ0v) is 15.5. The Bertz CT molecular complexity index is 1120. The van der Waals surface area contributed by atoms with E-state index in [1.807, 2.05) is 24.3 Å². The lowest BCUT2D eigenvalue weighted by molar-refractivity contribution is -0.137. The normalized spacial score (nSPS) is 13.0. The number of fused-ring (bicyclic) bond motifs is 3. The van der Waals surface area contributed by atoms with Gasteiger partial charge in [-0.25, -0.2) is 4.79 Å². The smallest absolute Gasteiger partial charge is 0.416 e. The van der Waals surface area contributed by atoms with Crippen LogP contribution in [0.1, 0.15) is 21.5 Å². The highest BCUT2D eigenvalue weighted by Crippen LogP contribution is 2.47. The standard InChI is InChI=1S/C23H16F3NO2/c1-14-18-5-3-4-6-19(18)20-13-15(22(28)29-2)7-12-21(20)27(14)17-10-8-16(9-11-17)23(24,25)26/h3-13H,1H2,2H3. The maximum atomic E-state index is 13.0. The molecule has 4 rings (SSSR count). The molecule has 0 saturated carbocycles. The molecule has 1 aliphatic heterocycles. The zero-order valence-electron chi connectivity index (χ0n) is 15.5. The highest BCUT2D eigenvalue weighted by Gasteiger charge is 2.31. The van der Waals surface area contributed by atoms with Gasteiger partial charge in [0.15, 0.2) is 0 Å². The van der Waals surface area contributed by atoms with Gasteiger partial charge in [-0.3, -0.25) is 0 Å². The average molecular weight is 395 g/mol. The summed E-state index contributed by atoms with van der Waals surface area (Å²) in [6, 6.07) is 17.6. The summed E-state index contributed by atoms with van der Waals surface area (Å²) in [4.78, 5) is 13.8. The topological polar surface area (TPSA) is 29.5 Å². The van der Waals surface area contributed by atoms with Crippen LogP contribution in [0, 0.1) is 0 Å². The second-order valence-electron chi connectivity index (χ2n) is 6.60. The first-order chi connectivity index (χ1) is 13.8. The van der Waals surface area contributed by atoms with Gasteiger partial charge in [-0.15, -0.1) is 0 Å². The largest absolute Gasteiger partial charge is 0.465 e. The van der Waals surface area contributed by atoms with Crippen molar-refractivity contribution in [3.8, 4) is 11.1 Å². The summed E-state index contributed by atoms with van der Waals surface area (Å²) in [5.74, 6) is -0.462. The van der Waals surface area contributed by atoms with E-state index in [9.17, 15) is 18.0 Å². The molecule has 146 valence electrons. The van der Waals surface area contributed by atoms with Crippen LogP contribution in [0.25, 0.3) is 16.8 Å². The molecule has 0 atom stereocenters. The molecule has 0 bridgehead atoms. The van der Waals surface area contributed by atoms with Gasteiger partial charge in [-0.05, 0) is 48.0 Å². The molecular formula is C23H16F3NO2. The summed E-state index contributed by atoms with van der Waals surface area (Å²) in [6.07, 6.45) is -4.41. The van der Waals surface area contributed by atoms with Gasteiger partial charge in [0, 0.05) is 22.5 Å². The second-order valence-corrected chi connectivity index (χ2v) is 6.60. The lowest BCUT2D eigenvalue weighted by atomic mass is 9.90. The van der Waals surface area contributed by atoms with Crippen molar-refractivity contribution in [1.29, 1.82) is 0 Å². The Labute approximate surface area is 165 Å². The highest BCUT2D eigenvalue weighted by atomic mass is 19.4. The predicted octanol–water partition coefficient (Wildman–Crippen LogP) is 6.28. The quantitative estimate of drug-likeness (QED) is 0.478. The molecule has 0 N–H and O–H groups in total. The molecule has 0 radical (unpaired) electrons. The molecule has 3 nitrogen and oxygen atoms in total. The van der Waals surface area contributed by atoms with Crippen LogP contribution in [0.4, 0.5) is 24.5 Å². The fraction of sp³-hybridized carbons (Fsp3) is 0.0870. The molecule has 29 heavy (non-hydrogen) atoms. The molecular weight excluding hydrogens is 379 g/mol. The third kappa shape index (κ3) is 3.16. The van der Waals surface area contributed by atoms with Crippen molar-refractivity contribution in [1.82, 2.24) is 0 Å². The molecule has 6 heteroatoms. The number of methoxy groups -OCH3 is 1. The maximum Gasteiger partial charge on any atom is 0.416 e. The van der Waals surface area contributed by atoms with Crippen LogP contribution in [0.3, 0.4) is 0 Å². The van der Waals surface area contributed by atoms with E-state index in [4.69, 9.17) is 4.74 Å². The number of carbonyl (C=O) groups excluding carboxylic acids is 1. The van der Waals surface area contributed by atoms with Crippen molar-refractivity contribution < 1.29 is 22.7 Å². The summed E-state index contributed by atoms with van der Waals surface area (Å²) in [5, 5.41) is 0. The van der Waals surface area contributed by atoms with Gasteiger partial charge in [0.05, 0.1) is 23.9 Å². The van der Waals surface area contributed by atoms with Gasteiger partial charge >= 0.3 is 12.1 Å². The summed E-state index contributed by atoms with van der Waals surface area (Å²) in [7, 11) is 1.31. The van der Waals surface area contributed by atoms with Crippen molar-refractivity contribution in [2.24, 2.45) is 0 Å². The summed E-state index contributed by atoms with van der Waals surface area (Å²) < 4.78 is 43.7. The SMILES string of the molecule is C=C1c2ccccc2-c2cc(C(=O)OC)ccc2N1c1ccc(C(F)(F)F)cc1. The summed E-state index contributed by atoms with van der Waals surface area (Å²) in [5.41, 5.74) is 4.08. The van der Waals surface area contributed by atoms with Gasteiger partial charge in [-0.1, -0.05) is 30.8 Å². The number of carbonyl (C=O) groups is 1. The first-order valence-corrected chi connectivity index (χ1v) is 8.79. The van der Waals surface area contributed by atoms with E-state index in [0.29, 0.717) is 16.9 Å². The van der Waals surface area contributed by atoms with E-state index in [0.717, 1.165) is 34.5 Å². The lowest BCUT2D eigenvalue weighted by Crippen LogP contribution is -2.20. The number of nitrogens with zero attached hydrogens (tertiary/aromatic N) is 1. The van der Waals surface area contributed by atoms with Crippen LogP contribution >= 0.6 is 0 Å².